The molecule has 0 bridgehead atoms. The Morgan fingerprint density at radius 1 is 1.00 bits per heavy atom. The van der Waals surface area contributed by atoms with Crippen molar-refractivity contribution in [2.75, 3.05) is 0 Å². The van der Waals surface area contributed by atoms with Gasteiger partial charge in [0.1, 0.15) is 6.29 Å². The molecule has 0 spiro atoms. The number of aromatic nitrogens is 1. The fourth-order valence-electron chi connectivity index (χ4n) is 2.38. The summed E-state index contributed by atoms with van der Waals surface area (Å²) >= 11 is 0. The molecule has 3 rings (SSSR count). The largest absolute Gasteiger partial charge is 0.392 e. The van der Waals surface area contributed by atoms with Crippen molar-refractivity contribution in [2.24, 2.45) is 0 Å². The highest BCUT2D eigenvalue weighted by Crippen LogP contribution is 2.18. The standard InChI is InChI=1S/C17H15NO2/c19-11-14-3-1-13(2-4-14)10-18-8-7-16-9-15(12-20)5-6-17(16)18/h1-9,12,19H,10-11H2. The minimum atomic E-state index is 0.0706. The zero-order valence-electron chi connectivity index (χ0n) is 11.0. The summed E-state index contributed by atoms with van der Waals surface area (Å²) in [5, 5.41) is 10.1. The van der Waals surface area contributed by atoms with E-state index in [-0.39, 0.29) is 6.61 Å². The third-order valence-corrected chi connectivity index (χ3v) is 3.49. The number of nitrogens with zero attached hydrogens (tertiary/aromatic N) is 1. The van der Waals surface area contributed by atoms with Gasteiger partial charge in [0.2, 0.25) is 0 Å². The Morgan fingerprint density at radius 3 is 2.45 bits per heavy atom. The third-order valence-electron chi connectivity index (χ3n) is 3.49. The molecule has 1 heterocycles. The van der Waals surface area contributed by atoms with Crippen LogP contribution in [0.5, 0.6) is 0 Å². The molecule has 0 aliphatic carbocycles. The predicted octanol–water partition coefficient (Wildman–Crippen LogP) is 2.99. The Kier molecular flexibility index (Phi) is 3.35. The second-order valence-corrected chi connectivity index (χ2v) is 4.85. The van der Waals surface area contributed by atoms with Gasteiger partial charge in [0.05, 0.1) is 6.61 Å². The Morgan fingerprint density at radius 2 is 1.75 bits per heavy atom. The van der Waals surface area contributed by atoms with E-state index in [9.17, 15) is 4.79 Å². The first-order chi connectivity index (χ1) is 9.80. The van der Waals surface area contributed by atoms with Crippen molar-refractivity contribution in [1.82, 2.24) is 4.57 Å². The average Bonchev–Trinajstić information content (AvgIpc) is 2.90. The van der Waals surface area contributed by atoms with E-state index in [0.29, 0.717) is 5.56 Å². The zero-order valence-corrected chi connectivity index (χ0v) is 11.0. The van der Waals surface area contributed by atoms with Crippen LogP contribution >= 0.6 is 0 Å². The molecule has 3 nitrogen and oxygen atoms in total. The van der Waals surface area contributed by atoms with Crippen molar-refractivity contribution in [3.63, 3.8) is 0 Å². The molecule has 3 heteroatoms. The molecule has 0 aliphatic rings. The topological polar surface area (TPSA) is 42.2 Å². The van der Waals surface area contributed by atoms with Gasteiger partial charge in [-0.3, -0.25) is 4.79 Å². The number of aliphatic hydroxyl groups excluding tert-OH is 1. The lowest BCUT2D eigenvalue weighted by Gasteiger charge is -2.06. The van der Waals surface area contributed by atoms with Gasteiger partial charge in [-0.1, -0.05) is 24.3 Å². The highest BCUT2D eigenvalue weighted by Gasteiger charge is 2.03. The van der Waals surface area contributed by atoms with Crippen molar-refractivity contribution in [3.8, 4) is 0 Å². The number of fused-ring (bicyclic) bond motifs is 1. The molecule has 0 saturated heterocycles. The predicted molar refractivity (Wildman–Crippen MR) is 78.8 cm³/mol. The number of aliphatic hydroxyl groups is 1. The Hall–Kier alpha value is -2.39. The van der Waals surface area contributed by atoms with Crippen molar-refractivity contribution in [2.45, 2.75) is 13.2 Å². The molecule has 20 heavy (non-hydrogen) atoms. The lowest BCUT2D eigenvalue weighted by atomic mass is 10.1. The van der Waals surface area contributed by atoms with Crippen LogP contribution in [0.2, 0.25) is 0 Å². The monoisotopic (exact) mass is 265 g/mol. The van der Waals surface area contributed by atoms with E-state index in [1.165, 1.54) is 5.56 Å². The van der Waals surface area contributed by atoms with Crippen LogP contribution in [-0.4, -0.2) is 16.0 Å². The molecule has 0 fully saturated rings. The molecule has 0 saturated carbocycles. The van der Waals surface area contributed by atoms with Crippen LogP contribution in [0.25, 0.3) is 10.9 Å². The number of rotatable bonds is 4. The molecular formula is C17H15NO2. The van der Waals surface area contributed by atoms with Crippen LogP contribution in [0.1, 0.15) is 21.5 Å². The van der Waals surface area contributed by atoms with Crippen LogP contribution in [-0.2, 0) is 13.2 Å². The van der Waals surface area contributed by atoms with Crippen molar-refractivity contribution in [3.05, 3.63) is 71.4 Å². The molecule has 1 aromatic heterocycles. The molecule has 100 valence electrons. The summed E-state index contributed by atoms with van der Waals surface area (Å²) in [6.07, 6.45) is 2.89. The molecule has 0 amide bonds. The molecule has 2 aromatic carbocycles. The lowest BCUT2D eigenvalue weighted by molar-refractivity contribution is 0.112. The average molecular weight is 265 g/mol. The van der Waals surface area contributed by atoms with Gasteiger partial charge < -0.3 is 9.67 Å². The molecule has 1 N–H and O–H groups in total. The van der Waals surface area contributed by atoms with Gasteiger partial charge in [0, 0.05) is 29.2 Å². The minimum Gasteiger partial charge on any atom is -0.392 e. The summed E-state index contributed by atoms with van der Waals surface area (Å²) in [5.41, 5.74) is 3.91. The van der Waals surface area contributed by atoms with Crippen LogP contribution in [0.4, 0.5) is 0 Å². The SMILES string of the molecule is O=Cc1ccc2c(ccn2Cc2ccc(CO)cc2)c1. The van der Waals surface area contributed by atoms with Crippen LogP contribution < -0.4 is 0 Å². The van der Waals surface area contributed by atoms with Gasteiger partial charge in [0.15, 0.2) is 0 Å². The molecule has 3 aromatic rings. The minimum absolute atomic E-state index is 0.0706. The number of hydrogen-bond donors (Lipinski definition) is 1. The first-order valence-corrected chi connectivity index (χ1v) is 6.53. The van der Waals surface area contributed by atoms with Crippen molar-refractivity contribution >= 4 is 17.2 Å². The van der Waals surface area contributed by atoms with Gasteiger partial charge in [-0.2, -0.15) is 0 Å². The quantitative estimate of drug-likeness (QED) is 0.737. The Bertz CT molecular complexity index is 741. The summed E-state index contributed by atoms with van der Waals surface area (Å²) in [7, 11) is 0. The smallest absolute Gasteiger partial charge is 0.150 e. The highest BCUT2D eigenvalue weighted by molar-refractivity contribution is 5.87. The van der Waals surface area contributed by atoms with E-state index < -0.39 is 0 Å². The maximum Gasteiger partial charge on any atom is 0.150 e. The second kappa shape index (κ2) is 5.31. The van der Waals surface area contributed by atoms with E-state index in [4.69, 9.17) is 5.11 Å². The number of benzene rings is 2. The number of carbonyl (C=O) groups excluding carboxylic acids is 1. The van der Waals surface area contributed by atoms with Crippen LogP contribution in [0, 0.1) is 0 Å². The molecule has 0 atom stereocenters. The van der Waals surface area contributed by atoms with E-state index in [1.807, 2.05) is 54.7 Å². The Labute approximate surface area is 117 Å². The molecular weight excluding hydrogens is 250 g/mol. The maximum atomic E-state index is 10.8. The Balaban J connectivity index is 1.91. The van der Waals surface area contributed by atoms with Gasteiger partial charge in [-0.25, -0.2) is 0 Å². The zero-order chi connectivity index (χ0) is 13.9. The van der Waals surface area contributed by atoms with E-state index >= 15 is 0 Å². The summed E-state index contributed by atoms with van der Waals surface area (Å²) in [6.45, 7) is 0.844. The number of aldehydes is 1. The van der Waals surface area contributed by atoms with Gasteiger partial charge in [-0.05, 0) is 35.4 Å². The molecule has 0 unspecified atom stereocenters. The van der Waals surface area contributed by atoms with Crippen molar-refractivity contribution in [1.29, 1.82) is 0 Å². The molecule has 0 radical (unpaired) electrons. The fourth-order valence-corrected chi connectivity index (χ4v) is 2.38. The summed E-state index contributed by atoms with van der Waals surface area (Å²) in [4.78, 5) is 10.8. The maximum absolute atomic E-state index is 10.8. The first kappa shape index (κ1) is 12.6. The van der Waals surface area contributed by atoms with E-state index in [2.05, 4.69) is 4.57 Å². The second-order valence-electron chi connectivity index (χ2n) is 4.85. The number of hydrogen-bond acceptors (Lipinski definition) is 2. The third kappa shape index (κ3) is 2.36. The number of carbonyl (C=O) groups is 1. The lowest BCUT2D eigenvalue weighted by Crippen LogP contribution is -1.98. The van der Waals surface area contributed by atoms with Gasteiger partial charge in [0.25, 0.3) is 0 Å². The fraction of sp³-hybridized carbons (Fsp3) is 0.118. The summed E-state index contributed by atoms with van der Waals surface area (Å²) < 4.78 is 2.15. The van der Waals surface area contributed by atoms with Crippen LogP contribution in [0.15, 0.2) is 54.7 Å². The summed E-state index contributed by atoms with van der Waals surface area (Å²) in [6, 6.07) is 15.6. The van der Waals surface area contributed by atoms with Crippen LogP contribution in [0.3, 0.4) is 0 Å². The molecule has 0 aliphatic heterocycles. The summed E-state index contributed by atoms with van der Waals surface area (Å²) in [5.74, 6) is 0. The first-order valence-electron chi connectivity index (χ1n) is 6.53. The van der Waals surface area contributed by atoms with Crippen molar-refractivity contribution < 1.29 is 9.90 Å². The highest BCUT2D eigenvalue weighted by atomic mass is 16.3. The van der Waals surface area contributed by atoms with E-state index in [0.717, 1.165) is 29.3 Å². The normalized spacial score (nSPS) is 10.8. The van der Waals surface area contributed by atoms with Gasteiger partial charge in [-0.15, -0.1) is 0 Å². The van der Waals surface area contributed by atoms with Gasteiger partial charge >= 0.3 is 0 Å². The van der Waals surface area contributed by atoms with E-state index in [1.54, 1.807) is 0 Å².